The fourth-order valence-corrected chi connectivity index (χ4v) is 4.08. The van der Waals surface area contributed by atoms with Gasteiger partial charge in [0.25, 0.3) is 11.5 Å². The zero-order chi connectivity index (χ0) is 24.7. The van der Waals surface area contributed by atoms with E-state index >= 15 is 0 Å². The monoisotopic (exact) mass is 488 g/mol. The Morgan fingerprint density at radius 2 is 1.63 bits per heavy atom. The molecule has 1 atom stereocenters. The Balaban J connectivity index is 1.70. The van der Waals surface area contributed by atoms with Crippen molar-refractivity contribution in [3.63, 3.8) is 0 Å². The third kappa shape index (κ3) is 3.63. The maximum atomic E-state index is 13.2. The summed E-state index contributed by atoms with van der Waals surface area (Å²) in [6.07, 6.45) is 0. The summed E-state index contributed by atoms with van der Waals surface area (Å²) in [4.78, 5) is 46.0. The number of benzene rings is 3. The number of hydrogen-bond acceptors (Lipinski definition) is 6. The lowest BCUT2D eigenvalue weighted by molar-refractivity contribution is -0.150. The predicted octanol–water partition coefficient (Wildman–Crippen LogP) is 2.88. The number of hydrazine groups is 1. The number of aliphatic hydroxyl groups excluding tert-OH is 1. The minimum atomic E-state index is -2.49. The van der Waals surface area contributed by atoms with Gasteiger partial charge in [0.1, 0.15) is 5.69 Å². The lowest BCUT2D eigenvalue weighted by atomic mass is 9.93. The quantitative estimate of drug-likeness (QED) is 0.349. The summed E-state index contributed by atoms with van der Waals surface area (Å²) < 4.78 is 0. The molecule has 0 spiro atoms. The van der Waals surface area contributed by atoms with E-state index in [1.165, 1.54) is 36.4 Å². The Bertz CT molecular complexity index is 1570. The Labute approximate surface area is 202 Å². The molecule has 5 rings (SSSR count). The second-order valence-electron chi connectivity index (χ2n) is 7.78. The first-order chi connectivity index (χ1) is 16.8. The van der Waals surface area contributed by atoms with Crippen molar-refractivity contribution in [2.75, 3.05) is 0 Å². The topological polar surface area (TPSA) is 136 Å². The molecule has 1 aromatic heterocycles. The molecule has 4 N–H and O–H groups in total. The smallest absolute Gasteiger partial charge is 0.310 e. The van der Waals surface area contributed by atoms with Crippen molar-refractivity contribution in [1.82, 2.24) is 20.4 Å². The highest BCUT2D eigenvalue weighted by Gasteiger charge is 2.55. The van der Waals surface area contributed by atoms with Crippen LogP contribution in [0.15, 0.2) is 89.4 Å². The van der Waals surface area contributed by atoms with Crippen molar-refractivity contribution in [3.8, 4) is 0 Å². The summed E-state index contributed by atoms with van der Waals surface area (Å²) in [5.41, 5.74) is -0.705. The number of aromatic nitrogens is 2. The van der Waals surface area contributed by atoms with E-state index in [0.717, 1.165) is 0 Å². The van der Waals surface area contributed by atoms with Crippen LogP contribution in [0.25, 0.3) is 16.6 Å². The van der Waals surface area contributed by atoms with Gasteiger partial charge in [-0.2, -0.15) is 0 Å². The predicted molar refractivity (Wildman–Crippen MR) is 128 cm³/mol. The van der Waals surface area contributed by atoms with Gasteiger partial charge in [-0.3, -0.25) is 19.8 Å². The molecule has 1 aliphatic heterocycles. The van der Waals surface area contributed by atoms with E-state index in [2.05, 4.69) is 15.4 Å². The molecule has 35 heavy (non-hydrogen) atoms. The highest BCUT2D eigenvalue weighted by atomic mass is 35.5. The van der Waals surface area contributed by atoms with Crippen LogP contribution >= 0.6 is 11.6 Å². The van der Waals surface area contributed by atoms with Crippen molar-refractivity contribution in [2.45, 2.75) is 5.72 Å². The van der Waals surface area contributed by atoms with Crippen LogP contribution in [-0.2, 0) is 10.5 Å². The molecule has 1 unspecified atom stereocenters. The number of H-pyrrole nitrogens is 1. The van der Waals surface area contributed by atoms with Crippen LogP contribution in [0.4, 0.5) is 0 Å². The van der Waals surface area contributed by atoms with Crippen molar-refractivity contribution in [3.05, 3.63) is 117 Å². The molecule has 2 amide bonds. The molecule has 0 bridgehead atoms. The summed E-state index contributed by atoms with van der Waals surface area (Å²) in [6.45, 7) is 0. The van der Waals surface area contributed by atoms with Crippen LogP contribution in [0.2, 0.25) is 5.02 Å². The first-order valence-corrected chi connectivity index (χ1v) is 10.8. The van der Waals surface area contributed by atoms with Gasteiger partial charge in [-0.1, -0.05) is 54.1 Å². The van der Waals surface area contributed by atoms with Crippen LogP contribution < -0.4 is 11.0 Å². The summed E-state index contributed by atoms with van der Waals surface area (Å²) in [5, 5.41) is 23.8. The van der Waals surface area contributed by atoms with Gasteiger partial charge in [0, 0.05) is 16.1 Å². The number of fused-ring (bicyclic) bond motifs is 1. The van der Waals surface area contributed by atoms with Crippen LogP contribution in [0.5, 0.6) is 0 Å². The van der Waals surface area contributed by atoms with E-state index in [4.69, 9.17) is 11.6 Å². The Morgan fingerprint density at radius 3 is 2.34 bits per heavy atom. The number of carbonyl (C=O) groups excluding carboxylic acids is 2. The Morgan fingerprint density at radius 1 is 0.971 bits per heavy atom. The molecule has 10 heteroatoms. The van der Waals surface area contributed by atoms with Gasteiger partial charge in [0.2, 0.25) is 5.72 Å². The minimum Gasteiger partial charge on any atom is -0.503 e. The van der Waals surface area contributed by atoms with Gasteiger partial charge >= 0.3 is 5.91 Å². The van der Waals surface area contributed by atoms with Gasteiger partial charge in [0.05, 0.1) is 16.6 Å². The largest absolute Gasteiger partial charge is 0.503 e. The molecule has 0 aliphatic carbocycles. The van der Waals surface area contributed by atoms with Gasteiger partial charge in [-0.25, -0.2) is 9.99 Å². The average Bonchev–Trinajstić information content (AvgIpc) is 3.05. The van der Waals surface area contributed by atoms with E-state index in [1.54, 1.807) is 42.5 Å². The van der Waals surface area contributed by atoms with Crippen LogP contribution in [0.3, 0.4) is 0 Å². The van der Waals surface area contributed by atoms with E-state index in [1.807, 2.05) is 0 Å². The number of carbonyl (C=O) groups is 2. The van der Waals surface area contributed by atoms with Gasteiger partial charge in [-0.05, 0) is 36.4 Å². The number of amides is 2. The maximum Gasteiger partial charge on any atom is 0.310 e. The van der Waals surface area contributed by atoms with Crippen LogP contribution in [0.1, 0.15) is 21.6 Å². The second-order valence-corrected chi connectivity index (χ2v) is 8.22. The Kier molecular flexibility index (Phi) is 5.35. The van der Waals surface area contributed by atoms with E-state index in [0.29, 0.717) is 21.1 Å². The average molecular weight is 489 g/mol. The SMILES string of the molecule is O=C(NN1C(=O)C(O)=C(c2nc3ccccc3[nH]c2=O)C1(O)c1ccc(Cl)cc1)c1ccccc1. The second kappa shape index (κ2) is 8.39. The fourth-order valence-electron chi connectivity index (χ4n) is 3.96. The number of halogens is 1. The van der Waals surface area contributed by atoms with Crippen molar-refractivity contribution >= 4 is 40.0 Å². The zero-order valence-electron chi connectivity index (χ0n) is 17.9. The molecule has 4 aromatic rings. The molecule has 0 saturated heterocycles. The lowest BCUT2D eigenvalue weighted by Crippen LogP contribution is -2.55. The third-order valence-electron chi connectivity index (χ3n) is 5.65. The molecule has 0 radical (unpaired) electrons. The number of rotatable bonds is 4. The summed E-state index contributed by atoms with van der Waals surface area (Å²) in [7, 11) is 0. The summed E-state index contributed by atoms with van der Waals surface area (Å²) in [5.74, 6) is -2.79. The van der Waals surface area contributed by atoms with Crippen molar-refractivity contribution in [2.24, 2.45) is 0 Å². The van der Waals surface area contributed by atoms with E-state index in [9.17, 15) is 24.6 Å². The van der Waals surface area contributed by atoms with E-state index < -0.39 is 34.4 Å². The highest BCUT2D eigenvalue weighted by molar-refractivity contribution is 6.30. The molecular formula is C25H17ClN4O5. The van der Waals surface area contributed by atoms with Crippen molar-refractivity contribution < 1.29 is 19.8 Å². The summed E-state index contributed by atoms with van der Waals surface area (Å²) >= 11 is 6.01. The summed E-state index contributed by atoms with van der Waals surface area (Å²) in [6, 6.07) is 20.4. The lowest BCUT2D eigenvalue weighted by Gasteiger charge is -2.35. The zero-order valence-corrected chi connectivity index (χ0v) is 18.7. The molecule has 3 aromatic carbocycles. The van der Waals surface area contributed by atoms with Crippen LogP contribution in [0, 0.1) is 0 Å². The highest BCUT2D eigenvalue weighted by Crippen LogP contribution is 2.44. The molecule has 0 saturated carbocycles. The van der Waals surface area contributed by atoms with E-state index in [-0.39, 0.29) is 16.8 Å². The first-order valence-electron chi connectivity index (χ1n) is 10.4. The van der Waals surface area contributed by atoms with Crippen LogP contribution in [-0.4, -0.2) is 37.0 Å². The normalized spacial score (nSPS) is 17.8. The minimum absolute atomic E-state index is 0.0528. The van der Waals surface area contributed by atoms with Gasteiger partial charge in [0.15, 0.2) is 5.76 Å². The number of nitrogens with one attached hydrogen (secondary N) is 2. The van der Waals surface area contributed by atoms with Gasteiger partial charge < -0.3 is 15.2 Å². The maximum absolute atomic E-state index is 13.2. The molecule has 9 nitrogen and oxygen atoms in total. The molecule has 2 heterocycles. The number of para-hydroxylation sites is 2. The molecule has 174 valence electrons. The molecular weight excluding hydrogens is 472 g/mol. The first kappa shape index (κ1) is 22.3. The molecule has 1 aliphatic rings. The third-order valence-corrected chi connectivity index (χ3v) is 5.90. The number of nitrogens with zero attached hydrogens (tertiary/aromatic N) is 2. The Hall–Kier alpha value is -4.47. The fraction of sp³-hybridized carbons (Fsp3) is 0.0400. The number of aliphatic hydroxyl groups is 2. The van der Waals surface area contributed by atoms with Gasteiger partial charge in [-0.15, -0.1) is 0 Å². The molecule has 0 fully saturated rings. The number of aromatic amines is 1. The number of hydrogen-bond donors (Lipinski definition) is 4. The standard InChI is InChI=1S/C25H17ClN4O5/c26-16-12-10-15(11-13-16)25(35)19(20-23(33)28-18-9-5-4-8-17(18)27-20)21(31)24(34)30(25)29-22(32)14-6-2-1-3-7-14/h1-13,31,35H,(H,28,33)(H,29,32). The van der Waals surface area contributed by atoms with Crippen molar-refractivity contribution in [1.29, 1.82) is 0 Å².